The number of nitrogens with one attached hydrogen (secondary N) is 1. The summed E-state index contributed by atoms with van der Waals surface area (Å²) in [5.41, 5.74) is 0. The maximum absolute atomic E-state index is 13.0. The van der Waals surface area contributed by atoms with Gasteiger partial charge in [-0.1, -0.05) is 276 Å². The van der Waals surface area contributed by atoms with Crippen molar-refractivity contribution in [3.63, 3.8) is 0 Å². The fourth-order valence-corrected chi connectivity index (χ4v) is 10.0. The van der Waals surface area contributed by atoms with Crippen LogP contribution in [-0.2, 0) is 18.4 Å². The van der Waals surface area contributed by atoms with Crippen LogP contribution in [0.5, 0.6) is 0 Å². The molecule has 0 aromatic carbocycles. The topological polar surface area (TPSA) is 105 Å². The summed E-state index contributed by atoms with van der Waals surface area (Å²) in [6, 6.07) is -0.762. The molecular formula is C59H120N2O6P+. The van der Waals surface area contributed by atoms with Crippen LogP contribution in [0.15, 0.2) is 12.2 Å². The van der Waals surface area contributed by atoms with Gasteiger partial charge in [0.2, 0.25) is 5.91 Å². The first-order chi connectivity index (χ1) is 33.0. The Morgan fingerprint density at radius 3 is 1.13 bits per heavy atom. The van der Waals surface area contributed by atoms with Crippen LogP contribution >= 0.6 is 7.82 Å². The molecule has 9 heteroatoms. The molecule has 0 aliphatic rings. The number of phosphoric ester groups is 1. The van der Waals surface area contributed by atoms with Crippen molar-refractivity contribution in [2.75, 3.05) is 40.9 Å². The highest BCUT2D eigenvalue weighted by Crippen LogP contribution is 2.43. The third-order valence-electron chi connectivity index (χ3n) is 14.0. The molecular weight excluding hydrogens is 864 g/mol. The molecule has 0 rings (SSSR count). The number of likely N-dealkylation sites (N-methyl/N-ethyl adjacent to an activating group) is 1. The van der Waals surface area contributed by atoms with Crippen LogP contribution in [0.25, 0.3) is 0 Å². The zero-order valence-corrected chi connectivity index (χ0v) is 47.3. The average Bonchev–Trinajstić information content (AvgIpc) is 3.30. The van der Waals surface area contributed by atoms with E-state index in [4.69, 9.17) is 9.05 Å². The number of hydrogen-bond acceptors (Lipinski definition) is 5. The van der Waals surface area contributed by atoms with E-state index < -0.39 is 20.0 Å². The lowest BCUT2D eigenvalue weighted by Crippen LogP contribution is -2.46. The highest BCUT2D eigenvalue weighted by Gasteiger charge is 2.28. The van der Waals surface area contributed by atoms with Crippen molar-refractivity contribution in [3.05, 3.63) is 12.2 Å². The molecule has 0 fully saturated rings. The number of carbonyl (C=O) groups is 1. The van der Waals surface area contributed by atoms with E-state index >= 15 is 0 Å². The van der Waals surface area contributed by atoms with Gasteiger partial charge in [-0.05, 0) is 38.5 Å². The van der Waals surface area contributed by atoms with Crippen LogP contribution in [0, 0.1) is 0 Å². The summed E-state index contributed by atoms with van der Waals surface area (Å²) in [6.07, 6.45) is 62.9. The van der Waals surface area contributed by atoms with E-state index in [2.05, 4.69) is 31.3 Å². The van der Waals surface area contributed by atoms with E-state index in [0.29, 0.717) is 23.9 Å². The molecule has 0 heterocycles. The molecule has 0 aliphatic heterocycles. The van der Waals surface area contributed by atoms with Crippen molar-refractivity contribution in [3.8, 4) is 0 Å². The number of aliphatic hydroxyl groups excluding tert-OH is 1. The van der Waals surface area contributed by atoms with Gasteiger partial charge in [0.05, 0.1) is 39.9 Å². The number of allylic oxidation sites excluding steroid dienone is 2. The molecule has 0 radical (unpaired) electrons. The molecule has 8 nitrogen and oxygen atoms in total. The number of amides is 1. The first kappa shape index (κ1) is 67.2. The lowest BCUT2D eigenvalue weighted by molar-refractivity contribution is -0.870. The predicted molar refractivity (Wildman–Crippen MR) is 295 cm³/mol. The van der Waals surface area contributed by atoms with Crippen molar-refractivity contribution in [1.82, 2.24) is 5.32 Å². The Morgan fingerprint density at radius 2 is 0.794 bits per heavy atom. The maximum atomic E-state index is 13.0. The number of hydrogen-bond donors (Lipinski definition) is 3. The molecule has 0 saturated heterocycles. The summed E-state index contributed by atoms with van der Waals surface area (Å²) in [4.78, 5) is 23.3. The Hall–Kier alpha value is -0.760. The standard InChI is InChI=1S/C59H119N2O6P/c1-6-8-10-12-14-16-18-20-22-23-24-25-26-27-28-29-30-31-32-33-34-35-36-37-39-40-42-44-46-48-50-52-58(62)57(56-67-68(64,65)66-55-54-61(3,4)5)60-59(63)53-51-49-47-45-43-41-38-21-19-17-15-13-11-9-7-2/h21,38,57-58,62H,6-20,22-37,39-56H2,1-5H3,(H-,60,63,64,65)/p+1/b38-21-. The second-order valence-corrected chi connectivity index (χ2v) is 23.5. The Kier molecular flexibility index (Phi) is 50.6. The van der Waals surface area contributed by atoms with Gasteiger partial charge in [-0.15, -0.1) is 0 Å². The Labute approximate surface area is 424 Å². The number of carbonyl (C=O) groups excluding carboxylic acids is 1. The summed E-state index contributed by atoms with van der Waals surface area (Å²) >= 11 is 0. The number of unbranched alkanes of at least 4 members (excludes halogenated alkanes) is 41. The van der Waals surface area contributed by atoms with E-state index in [1.165, 1.54) is 231 Å². The van der Waals surface area contributed by atoms with Crippen LogP contribution < -0.4 is 5.32 Å². The van der Waals surface area contributed by atoms with E-state index in [9.17, 15) is 19.4 Å². The summed E-state index contributed by atoms with van der Waals surface area (Å²) < 4.78 is 23.8. The van der Waals surface area contributed by atoms with Crippen LogP contribution in [-0.4, -0.2) is 73.4 Å². The van der Waals surface area contributed by atoms with Gasteiger partial charge in [-0.25, -0.2) is 4.57 Å². The van der Waals surface area contributed by atoms with Crippen molar-refractivity contribution < 1.29 is 32.9 Å². The van der Waals surface area contributed by atoms with Gasteiger partial charge in [0, 0.05) is 6.42 Å². The van der Waals surface area contributed by atoms with Crippen molar-refractivity contribution >= 4 is 13.7 Å². The normalized spacial score (nSPS) is 13.9. The fourth-order valence-electron chi connectivity index (χ4n) is 9.28. The van der Waals surface area contributed by atoms with E-state index in [1.807, 2.05) is 21.1 Å². The minimum absolute atomic E-state index is 0.0754. The van der Waals surface area contributed by atoms with Crippen molar-refractivity contribution in [1.29, 1.82) is 0 Å². The predicted octanol–water partition coefficient (Wildman–Crippen LogP) is 18.2. The van der Waals surface area contributed by atoms with Gasteiger partial charge in [-0.2, -0.15) is 0 Å². The highest BCUT2D eigenvalue weighted by atomic mass is 31.2. The minimum Gasteiger partial charge on any atom is -0.391 e. The van der Waals surface area contributed by atoms with E-state index in [1.54, 1.807) is 0 Å². The van der Waals surface area contributed by atoms with Gasteiger partial charge in [-0.3, -0.25) is 13.8 Å². The Balaban J connectivity index is 4.01. The zero-order chi connectivity index (χ0) is 49.9. The summed E-state index contributed by atoms with van der Waals surface area (Å²) in [7, 11) is 1.62. The summed E-state index contributed by atoms with van der Waals surface area (Å²) in [5.74, 6) is -0.148. The maximum Gasteiger partial charge on any atom is 0.472 e. The zero-order valence-electron chi connectivity index (χ0n) is 46.4. The molecule has 0 bridgehead atoms. The minimum atomic E-state index is -4.32. The molecule has 0 aromatic rings. The van der Waals surface area contributed by atoms with E-state index in [0.717, 1.165) is 51.4 Å². The summed E-state index contributed by atoms with van der Waals surface area (Å²) in [6.45, 7) is 4.92. The van der Waals surface area contributed by atoms with Crippen LogP contribution in [0.3, 0.4) is 0 Å². The monoisotopic (exact) mass is 984 g/mol. The van der Waals surface area contributed by atoms with Gasteiger partial charge in [0.15, 0.2) is 0 Å². The summed E-state index contributed by atoms with van der Waals surface area (Å²) in [5, 5.41) is 14.1. The van der Waals surface area contributed by atoms with Crippen LogP contribution in [0.4, 0.5) is 0 Å². The molecule has 406 valence electrons. The molecule has 3 atom stereocenters. The SMILES string of the molecule is CCCCCCCC/C=C\CCCCCCCC(=O)NC(COP(=O)(O)OCC[N+](C)(C)C)C(O)CCCCCCCCCCCCCCCCCCCCCCCCCCCCCCCCC. The van der Waals surface area contributed by atoms with Crippen molar-refractivity contribution in [2.45, 2.75) is 321 Å². The smallest absolute Gasteiger partial charge is 0.391 e. The largest absolute Gasteiger partial charge is 0.472 e. The molecule has 0 aliphatic carbocycles. The van der Waals surface area contributed by atoms with Gasteiger partial charge in [0.25, 0.3) is 0 Å². The number of nitrogens with zero attached hydrogens (tertiary/aromatic N) is 1. The van der Waals surface area contributed by atoms with Crippen molar-refractivity contribution in [2.24, 2.45) is 0 Å². The molecule has 0 saturated carbocycles. The number of rotatable bonds is 56. The lowest BCUT2D eigenvalue weighted by atomic mass is 10.0. The second kappa shape index (κ2) is 51.2. The van der Waals surface area contributed by atoms with Crippen LogP contribution in [0.2, 0.25) is 0 Å². The number of phosphoric acid groups is 1. The van der Waals surface area contributed by atoms with Gasteiger partial charge >= 0.3 is 7.82 Å². The number of quaternary nitrogens is 1. The van der Waals surface area contributed by atoms with Gasteiger partial charge in [0.1, 0.15) is 13.2 Å². The quantitative estimate of drug-likeness (QED) is 0.0243. The molecule has 68 heavy (non-hydrogen) atoms. The first-order valence-electron chi connectivity index (χ1n) is 30.1. The fraction of sp³-hybridized carbons (Fsp3) is 0.949. The Bertz CT molecular complexity index is 1120. The molecule has 3 N–H and O–H groups in total. The average molecular weight is 985 g/mol. The molecule has 0 aromatic heterocycles. The van der Waals surface area contributed by atoms with E-state index in [-0.39, 0.29) is 19.1 Å². The third-order valence-corrected chi connectivity index (χ3v) is 15.0. The highest BCUT2D eigenvalue weighted by molar-refractivity contribution is 7.47. The molecule has 0 spiro atoms. The lowest BCUT2D eigenvalue weighted by Gasteiger charge is -2.26. The molecule has 1 amide bonds. The third kappa shape index (κ3) is 53.0. The molecule has 3 unspecified atom stereocenters. The number of aliphatic hydroxyl groups is 1. The van der Waals surface area contributed by atoms with Gasteiger partial charge < -0.3 is 19.8 Å². The Morgan fingerprint density at radius 1 is 0.485 bits per heavy atom. The second-order valence-electron chi connectivity index (χ2n) is 22.1. The first-order valence-corrected chi connectivity index (χ1v) is 31.5. The van der Waals surface area contributed by atoms with Crippen LogP contribution in [0.1, 0.15) is 309 Å².